The second-order valence-electron chi connectivity index (χ2n) is 0.483. The molecular weight excluding hydrogens is 80.0 g/mol. The highest BCUT2D eigenvalue weighted by Crippen LogP contribution is 1.30. The Morgan fingerprint density at radius 3 is 2.00 bits per heavy atom. The topological polar surface area (TPSA) is 70.1 Å². The Hall–Kier alpha value is -0.570. The van der Waals surface area contributed by atoms with Crippen LogP contribution in [-0.2, 0) is 0 Å². The predicted molar refractivity (Wildman–Crippen MR) is 25.7 cm³/mol. The molecule has 6 heavy (non-hydrogen) atoms. The van der Waals surface area contributed by atoms with Crippen molar-refractivity contribution >= 4 is 6.34 Å². The van der Waals surface area contributed by atoms with Gasteiger partial charge in [-0.1, -0.05) is 0 Å². The molecule has 0 spiro atoms. The average molecular weight is 90.1 g/mol. The average Bonchev–Trinajstić information content (AvgIpc) is 1.39. The first-order valence-electron chi connectivity index (χ1n) is 1.65. The fourth-order valence-corrected chi connectivity index (χ4v) is 0. The van der Waals surface area contributed by atoms with E-state index < -0.39 is 0 Å². The summed E-state index contributed by atoms with van der Waals surface area (Å²) in [4.78, 5) is 0. The highest BCUT2D eigenvalue weighted by atomic mass is 16.2. The predicted octanol–water partition coefficient (Wildman–Crippen LogP) is -0.449. The van der Waals surface area contributed by atoms with E-state index >= 15 is 0 Å². The highest BCUT2D eigenvalue weighted by Gasteiger charge is 1.34. The third kappa shape index (κ3) is 62.3. The molecule has 3 heteroatoms. The standard InChI is InChI=1S/C2H6O.CH4N2/c1-2-3;2-1-3/h3H,2H2,1H3;1H,(H3,2,3). The minimum atomic E-state index is 0.250. The molecule has 0 aliphatic carbocycles. The van der Waals surface area contributed by atoms with Gasteiger partial charge in [0.25, 0.3) is 0 Å². The molecule has 38 valence electrons. The van der Waals surface area contributed by atoms with Crippen LogP contribution in [0.1, 0.15) is 6.92 Å². The Morgan fingerprint density at radius 1 is 2.00 bits per heavy atom. The van der Waals surface area contributed by atoms with Gasteiger partial charge in [0.15, 0.2) is 0 Å². The summed E-state index contributed by atoms with van der Waals surface area (Å²) in [6, 6.07) is 0. The second-order valence-corrected chi connectivity index (χ2v) is 0.483. The maximum atomic E-state index is 7.57. The normalized spacial score (nSPS) is 5.00. The fourth-order valence-electron chi connectivity index (χ4n) is 0. The molecule has 0 aliphatic rings. The van der Waals surface area contributed by atoms with Crippen molar-refractivity contribution < 1.29 is 5.11 Å². The van der Waals surface area contributed by atoms with Gasteiger partial charge in [-0.05, 0) is 6.92 Å². The molecule has 0 aromatic heterocycles. The Labute approximate surface area is 37.3 Å². The number of aliphatic hydroxyl groups is 1. The van der Waals surface area contributed by atoms with Gasteiger partial charge in [0.1, 0.15) is 0 Å². The van der Waals surface area contributed by atoms with Gasteiger partial charge in [0.2, 0.25) is 0 Å². The number of rotatable bonds is 0. The highest BCUT2D eigenvalue weighted by molar-refractivity contribution is 5.46. The largest absolute Gasteiger partial charge is 0.397 e. The van der Waals surface area contributed by atoms with Gasteiger partial charge in [0.05, 0.1) is 6.34 Å². The molecule has 0 radical (unpaired) electrons. The molecule has 0 saturated heterocycles. The summed E-state index contributed by atoms with van der Waals surface area (Å²) in [6.07, 6.45) is 0.750. The van der Waals surface area contributed by atoms with Crippen LogP contribution in [0, 0.1) is 5.41 Å². The van der Waals surface area contributed by atoms with Crippen molar-refractivity contribution in [3.05, 3.63) is 0 Å². The van der Waals surface area contributed by atoms with Crippen LogP contribution < -0.4 is 5.73 Å². The Kier molecular flexibility index (Phi) is 38.5. The van der Waals surface area contributed by atoms with Crippen LogP contribution in [0.3, 0.4) is 0 Å². The molecule has 0 aliphatic heterocycles. The molecule has 0 saturated carbocycles. The van der Waals surface area contributed by atoms with E-state index in [4.69, 9.17) is 10.5 Å². The lowest BCUT2D eigenvalue weighted by Crippen LogP contribution is -1.81. The third-order valence-corrected chi connectivity index (χ3v) is 0. The van der Waals surface area contributed by atoms with Crippen molar-refractivity contribution in [1.82, 2.24) is 0 Å². The van der Waals surface area contributed by atoms with E-state index in [0.717, 1.165) is 6.34 Å². The molecule has 0 fully saturated rings. The molecule has 0 aromatic rings. The fraction of sp³-hybridized carbons (Fsp3) is 0.667. The Morgan fingerprint density at radius 2 is 2.00 bits per heavy atom. The molecule has 0 rings (SSSR count). The van der Waals surface area contributed by atoms with Gasteiger partial charge < -0.3 is 10.8 Å². The third-order valence-electron chi connectivity index (χ3n) is 0. The number of aliphatic hydroxyl groups excluding tert-OH is 1. The number of hydrogen-bond donors (Lipinski definition) is 3. The van der Waals surface area contributed by atoms with Crippen LogP contribution in [-0.4, -0.2) is 18.1 Å². The van der Waals surface area contributed by atoms with Gasteiger partial charge in [0, 0.05) is 6.61 Å². The summed E-state index contributed by atoms with van der Waals surface area (Å²) >= 11 is 0. The van der Waals surface area contributed by atoms with Gasteiger partial charge >= 0.3 is 0 Å². The molecule has 0 bridgehead atoms. The lowest BCUT2D eigenvalue weighted by molar-refractivity contribution is 0.318. The van der Waals surface area contributed by atoms with Crippen molar-refractivity contribution in [1.29, 1.82) is 5.41 Å². The first kappa shape index (κ1) is 9.06. The zero-order valence-electron chi connectivity index (χ0n) is 3.81. The van der Waals surface area contributed by atoms with Crippen molar-refractivity contribution in [2.24, 2.45) is 5.73 Å². The molecule has 0 atom stereocenters. The van der Waals surface area contributed by atoms with Gasteiger partial charge in [-0.15, -0.1) is 0 Å². The SMILES string of the molecule is CCO.N=CN. The van der Waals surface area contributed by atoms with Crippen molar-refractivity contribution in [3.8, 4) is 0 Å². The molecule has 0 aromatic carbocycles. The van der Waals surface area contributed by atoms with E-state index in [2.05, 4.69) is 5.73 Å². The number of nitrogens with two attached hydrogens (primary N) is 1. The van der Waals surface area contributed by atoms with E-state index in [1.165, 1.54) is 0 Å². The summed E-state index contributed by atoms with van der Waals surface area (Å²) in [7, 11) is 0. The lowest BCUT2D eigenvalue weighted by Gasteiger charge is -1.52. The monoisotopic (exact) mass is 90.1 g/mol. The number of nitrogens with one attached hydrogen (secondary N) is 1. The van der Waals surface area contributed by atoms with Gasteiger partial charge in [-0.3, -0.25) is 5.41 Å². The summed E-state index contributed by atoms with van der Waals surface area (Å²) in [5.74, 6) is 0. The molecular formula is C3H10N2O. The second kappa shape index (κ2) is 25.5. The molecule has 0 amide bonds. The molecule has 0 heterocycles. The van der Waals surface area contributed by atoms with Crippen molar-refractivity contribution in [2.45, 2.75) is 6.92 Å². The molecule has 0 unspecified atom stereocenters. The first-order valence-corrected chi connectivity index (χ1v) is 1.65. The quantitative estimate of drug-likeness (QED) is 0.278. The maximum absolute atomic E-state index is 7.57. The van der Waals surface area contributed by atoms with Crippen LogP contribution in [0.2, 0.25) is 0 Å². The number of hydrogen-bond acceptors (Lipinski definition) is 2. The zero-order chi connectivity index (χ0) is 5.41. The van der Waals surface area contributed by atoms with Gasteiger partial charge in [-0.2, -0.15) is 0 Å². The van der Waals surface area contributed by atoms with E-state index in [1.54, 1.807) is 6.92 Å². The van der Waals surface area contributed by atoms with E-state index in [-0.39, 0.29) is 6.61 Å². The minimum absolute atomic E-state index is 0.250. The van der Waals surface area contributed by atoms with E-state index in [0.29, 0.717) is 0 Å². The van der Waals surface area contributed by atoms with Gasteiger partial charge in [-0.25, -0.2) is 0 Å². The summed E-state index contributed by atoms with van der Waals surface area (Å²) in [6.45, 7) is 1.93. The van der Waals surface area contributed by atoms with Crippen LogP contribution in [0.15, 0.2) is 0 Å². The summed E-state index contributed by atoms with van der Waals surface area (Å²) in [5.41, 5.74) is 4.39. The van der Waals surface area contributed by atoms with Crippen LogP contribution in [0.4, 0.5) is 0 Å². The van der Waals surface area contributed by atoms with Crippen LogP contribution in [0.5, 0.6) is 0 Å². The van der Waals surface area contributed by atoms with E-state index in [9.17, 15) is 0 Å². The maximum Gasteiger partial charge on any atom is 0.0765 e. The summed E-state index contributed by atoms with van der Waals surface area (Å²) in [5, 5.41) is 13.4. The van der Waals surface area contributed by atoms with Crippen LogP contribution >= 0.6 is 0 Å². The van der Waals surface area contributed by atoms with Crippen LogP contribution in [0.25, 0.3) is 0 Å². The molecule has 3 nitrogen and oxygen atoms in total. The van der Waals surface area contributed by atoms with Crippen molar-refractivity contribution in [3.63, 3.8) is 0 Å². The zero-order valence-corrected chi connectivity index (χ0v) is 3.81. The first-order chi connectivity index (χ1) is 2.83. The lowest BCUT2D eigenvalue weighted by atomic mass is 10.9. The van der Waals surface area contributed by atoms with Crippen molar-refractivity contribution in [2.75, 3.05) is 6.61 Å². The smallest absolute Gasteiger partial charge is 0.0765 e. The Bertz CT molecular complexity index is 22.8. The Balaban J connectivity index is 0. The minimum Gasteiger partial charge on any atom is -0.397 e. The summed E-state index contributed by atoms with van der Waals surface area (Å²) < 4.78 is 0. The van der Waals surface area contributed by atoms with E-state index in [1.807, 2.05) is 0 Å². The molecule has 4 N–H and O–H groups in total.